The van der Waals surface area contributed by atoms with Gasteiger partial charge in [-0.05, 0) is 37.0 Å². The number of likely N-dealkylation sites (tertiary alicyclic amines) is 1. The molecule has 2 amide bonds. The van der Waals surface area contributed by atoms with Crippen LogP contribution in [0.4, 0.5) is 11.4 Å². The van der Waals surface area contributed by atoms with Gasteiger partial charge in [0.25, 0.3) is 0 Å². The minimum atomic E-state index is -3.06. The Kier molecular flexibility index (Phi) is 4.17. The van der Waals surface area contributed by atoms with E-state index in [1.807, 2.05) is 18.2 Å². The predicted molar refractivity (Wildman–Crippen MR) is 98.4 cm³/mol. The number of anilines is 2. The van der Waals surface area contributed by atoms with E-state index in [-0.39, 0.29) is 35.8 Å². The number of sulfone groups is 1. The number of benzene rings is 1. The van der Waals surface area contributed by atoms with Gasteiger partial charge in [0, 0.05) is 36.9 Å². The van der Waals surface area contributed by atoms with Gasteiger partial charge in [0.05, 0.1) is 17.4 Å². The van der Waals surface area contributed by atoms with Gasteiger partial charge in [0.2, 0.25) is 11.8 Å². The molecule has 3 heterocycles. The number of fused-ring (bicyclic) bond motifs is 1. The van der Waals surface area contributed by atoms with Crippen LogP contribution in [0.1, 0.15) is 24.8 Å². The Morgan fingerprint density at radius 2 is 2.08 bits per heavy atom. The molecule has 0 saturated carbocycles. The lowest BCUT2D eigenvalue weighted by atomic mass is 9.97. The number of rotatable bonds is 2. The molecule has 0 aromatic heterocycles. The predicted octanol–water partition coefficient (Wildman–Crippen LogP) is 0.584. The van der Waals surface area contributed by atoms with Crippen molar-refractivity contribution in [1.82, 2.24) is 4.90 Å². The molecule has 1 aromatic carbocycles. The first-order valence-electron chi connectivity index (χ1n) is 9.04. The SMILES string of the molecule is Nc1cccc2c1CCCN2C(=O)C1CC(=O)N(C2CCS(=O)(=O)C2)C1. The zero-order valence-electron chi connectivity index (χ0n) is 14.6. The summed E-state index contributed by atoms with van der Waals surface area (Å²) in [6.45, 7) is 0.934. The first-order valence-corrected chi connectivity index (χ1v) is 10.9. The summed E-state index contributed by atoms with van der Waals surface area (Å²) in [5, 5.41) is 0. The van der Waals surface area contributed by atoms with Crippen molar-refractivity contribution < 1.29 is 18.0 Å². The monoisotopic (exact) mass is 377 g/mol. The zero-order valence-corrected chi connectivity index (χ0v) is 15.4. The van der Waals surface area contributed by atoms with Gasteiger partial charge in [-0.2, -0.15) is 0 Å². The third-order valence-corrected chi connectivity index (χ3v) is 7.46. The van der Waals surface area contributed by atoms with Crippen LogP contribution in [0.3, 0.4) is 0 Å². The molecule has 0 bridgehead atoms. The number of hydrogen-bond donors (Lipinski definition) is 1. The molecule has 0 radical (unpaired) electrons. The second-order valence-corrected chi connectivity index (χ2v) is 9.67. The fourth-order valence-corrected chi connectivity index (χ4v) is 6.10. The van der Waals surface area contributed by atoms with Crippen LogP contribution in [0, 0.1) is 5.92 Å². The average molecular weight is 377 g/mol. The molecule has 1 aromatic rings. The highest BCUT2D eigenvalue weighted by Crippen LogP contribution is 2.34. The lowest BCUT2D eigenvalue weighted by Gasteiger charge is -2.32. The molecule has 0 aliphatic carbocycles. The van der Waals surface area contributed by atoms with E-state index in [0.29, 0.717) is 25.2 Å². The number of hydrogen-bond acceptors (Lipinski definition) is 5. The summed E-state index contributed by atoms with van der Waals surface area (Å²) in [5.41, 5.74) is 8.59. The smallest absolute Gasteiger partial charge is 0.232 e. The quantitative estimate of drug-likeness (QED) is 0.760. The average Bonchev–Trinajstić information content (AvgIpc) is 3.16. The van der Waals surface area contributed by atoms with Crippen LogP contribution in [-0.2, 0) is 25.8 Å². The van der Waals surface area contributed by atoms with E-state index >= 15 is 0 Å². The van der Waals surface area contributed by atoms with Crippen LogP contribution in [-0.4, -0.2) is 55.8 Å². The second-order valence-electron chi connectivity index (χ2n) is 7.44. The van der Waals surface area contributed by atoms with Crippen molar-refractivity contribution in [2.24, 2.45) is 5.92 Å². The highest BCUT2D eigenvalue weighted by molar-refractivity contribution is 7.91. The number of carbonyl (C=O) groups excluding carboxylic acids is 2. The number of nitrogen functional groups attached to an aromatic ring is 1. The summed E-state index contributed by atoms with van der Waals surface area (Å²) < 4.78 is 23.4. The van der Waals surface area contributed by atoms with E-state index < -0.39 is 15.8 Å². The van der Waals surface area contributed by atoms with Crippen molar-refractivity contribution >= 4 is 33.0 Å². The molecule has 2 atom stereocenters. The Bertz CT molecular complexity index is 867. The largest absolute Gasteiger partial charge is 0.398 e. The molecule has 7 nitrogen and oxygen atoms in total. The number of nitrogens with zero attached hydrogens (tertiary/aromatic N) is 2. The first-order chi connectivity index (χ1) is 12.4. The van der Waals surface area contributed by atoms with E-state index in [1.54, 1.807) is 9.80 Å². The summed E-state index contributed by atoms with van der Waals surface area (Å²) >= 11 is 0. The number of amides is 2. The molecule has 140 valence electrons. The van der Waals surface area contributed by atoms with Crippen molar-refractivity contribution in [3.05, 3.63) is 23.8 Å². The van der Waals surface area contributed by atoms with Gasteiger partial charge < -0.3 is 15.5 Å². The van der Waals surface area contributed by atoms with Crippen molar-refractivity contribution in [3.8, 4) is 0 Å². The summed E-state index contributed by atoms with van der Waals surface area (Å²) in [6, 6.07) is 5.30. The van der Waals surface area contributed by atoms with E-state index in [2.05, 4.69) is 0 Å². The van der Waals surface area contributed by atoms with Gasteiger partial charge in [-0.1, -0.05) is 6.07 Å². The lowest BCUT2D eigenvalue weighted by molar-refractivity contribution is -0.129. The summed E-state index contributed by atoms with van der Waals surface area (Å²) in [5.74, 6) is -0.455. The highest BCUT2D eigenvalue weighted by Gasteiger charge is 2.43. The molecule has 4 rings (SSSR count). The van der Waals surface area contributed by atoms with Crippen LogP contribution >= 0.6 is 0 Å². The Hall–Kier alpha value is -2.09. The Morgan fingerprint density at radius 1 is 1.27 bits per heavy atom. The van der Waals surface area contributed by atoms with Gasteiger partial charge in [-0.25, -0.2) is 8.42 Å². The van der Waals surface area contributed by atoms with Crippen LogP contribution < -0.4 is 10.6 Å². The molecular weight excluding hydrogens is 354 g/mol. The van der Waals surface area contributed by atoms with Gasteiger partial charge >= 0.3 is 0 Å². The maximum atomic E-state index is 13.1. The molecule has 2 N–H and O–H groups in total. The summed E-state index contributed by atoms with van der Waals surface area (Å²) in [7, 11) is -3.06. The molecule has 2 saturated heterocycles. The van der Waals surface area contributed by atoms with E-state index in [9.17, 15) is 18.0 Å². The van der Waals surface area contributed by atoms with Crippen LogP contribution in [0.25, 0.3) is 0 Å². The molecule has 26 heavy (non-hydrogen) atoms. The van der Waals surface area contributed by atoms with Crippen LogP contribution in [0.15, 0.2) is 18.2 Å². The fraction of sp³-hybridized carbons (Fsp3) is 0.556. The van der Waals surface area contributed by atoms with Crippen molar-refractivity contribution in [2.45, 2.75) is 31.7 Å². The minimum Gasteiger partial charge on any atom is -0.398 e. The van der Waals surface area contributed by atoms with E-state index in [1.165, 1.54) is 0 Å². The Balaban J connectivity index is 1.52. The van der Waals surface area contributed by atoms with E-state index in [0.717, 1.165) is 24.1 Å². The van der Waals surface area contributed by atoms with Gasteiger partial charge in [-0.3, -0.25) is 9.59 Å². The Morgan fingerprint density at radius 3 is 2.81 bits per heavy atom. The third-order valence-electron chi connectivity index (χ3n) is 5.71. The third kappa shape index (κ3) is 2.96. The van der Waals surface area contributed by atoms with Gasteiger partial charge in [-0.15, -0.1) is 0 Å². The fourth-order valence-electron chi connectivity index (χ4n) is 4.37. The normalized spacial score (nSPS) is 27.6. The van der Waals surface area contributed by atoms with Crippen molar-refractivity contribution in [2.75, 3.05) is 35.2 Å². The maximum absolute atomic E-state index is 13.1. The maximum Gasteiger partial charge on any atom is 0.232 e. The summed E-state index contributed by atoms with van der Waals surface area (Å²) in [6.07, 6.45) is 2.32. The second kappa shape index (κ2) is 6.26. The highest BCUT2D eigenvalue weighted by atomic mass is 32.2. The Labute approximate surface area is 153 Å². The van der Waals surface area contributed by atoms with Crippen molar-refractivity contribution in [1.29, 1.82) is 0 Å². The van der Waals surface area contributed by atoms with Crippen LogP contribution in [0.5, 0.6) is 0 Å². The number of nitrogens with two attached hydrogens (primary N) is 1. The lowest BCUT2D eigenvalue weighted by Crippen LogP contribution is -2.42. The number of carbonyl (C=O) groups is 2. The molecule has 0 spiro atoms. The standard InChI is InChI=1S/C18H23N3O4S/c19-15-4-1-5-16-14(15)3-2-7-20(16)18(23)12-9-17(22)21(10-12)13-6-8-26(24,25)11-13/h1,4-5,12-13H,2-3,6-11,19H2. The molecule has 3 aliphatic rings. The minimum absolute atomic E-state index is 0.0166. The molecule has 2 unspecified atom stereocenters. The molecule has 2 fully saturated rings. The van der Waals surface area contributed by atoms with Crippen molar-refractivity contribution in [3.63, 3.8) is 0 Å². The molecular formula is C18H23N3O4S. The summed E-state index contributed by atoms with van der Waals surface area (Å²) in [4.78, 5) is 28.9. The first kappa shape index (κ1) is 17.3. The van der Waals surface area contributed by atoms with E-state index in [4.69, 9.17) is 5.73 Å². The van der Waals surface area contributed by atoms with Gasteiger partial charge in [0.1, 0.15) is 0 Å². The molecule has 3 aliphatic heterocycles. The van der Waals surface area contributed by atoms with Crippen LogP contribution in [0.2, 0.25) is 0 Å². The topological polar surface area (TPSA) is 101 Å². The zero-order chi connectivity index (χ0) is 18.5. The van der Waals surface area contributed by atoms with Gasteiger partial charge in [0.15, 0.2) is 9.84 Å². The molecule has 8 heteroatoms.